The minimum absolute atomic E-state index is 0.136. The number of aromatic nitrogens is 1. The minimum Gasteiger partial charge on any atom is -0.457 e. The molecule has 298 valence electrons. The number of nitrogens with zero attached hydrogens (tertiary/aromatic N) is 1. The molecule has 0 spiro atoms. The Balaban J connectivity index is 1.02. The van der Waals surface area contributed by atoms with E-state index in [1.807, 2.05) is 30.3 Å². The summed E-state index contributed by atoms with van der Waals surface area (Å²) in [4.78, 5) is 0. The van der Waals surface area contributed by atoms with Crippen LogP contribution < -0.4 is 4.74 Å². The quantitative estimate of drug-likeness (QED) is 0.126. The van der Waals surface area contributed by atoms with Gasteiger partial charge in [-0.25, -0.2) is 0 Å². The van der Waals surface area contributed by atoms with Gasteiger partial charge in [-0.15, -0.1) is 0 Å². The number of hydrogen-bond acceptors (Lipinski definition) is 1. The zero-order valence-electron chi connectivity index (χ0n) is 35.1. The maximum Gasteiger partial charge on any atom is 0.127 e. The second-order valence-electron chi connectivity index (χ2n) is 16.7. The van der Waals surface area contributed by atoms with Crippen LogP contribution in [0.4, 0.5) is 0 Å². The van der Waals surface area contributed by atoms with Crippen LogP contribution in [0, 0.1) is 0 Å². The second kappa shape index (κ2) is 15.2. The molecule has 0 N–H and O–H groups in total. The number of para-hydroxylation sites is 2. The monoisotopic (exact) mass is 797 g/mol. The van der Waals surface area contributed by atoms with Crippen molar-refractivity contribution in [1.82, 2.24) is 4.57 Å². The van der Waals surface area contributed by atoms with Crippen LogP contribution in [0.5, 0.6) is 11.5 Å². The van der Waals surface area contributed by atoms with Crippen molar-refractivity contribution in [3.63, 3.8) is 0 Å². The van der Waals surface area contributed by atoms with Crippen LogP contribution in [0.1, 0.15) is 60.1 Å². The van der Waals surface area contributed by atoms with E-state index in [0.717, 1.165) is 30.0 Å². The normalized spacial score (nSPS) is 12.9. The highest BCUT2D eigenvalue weighted by molar-refractivity contribution is 6.10. The van der Waals surface area contributed by atoms with Gasteiger partial charge in [-0.1, -0.05) is 178 Å². The lowest BCUT2D eigenvalue weighted by atomic mass is 9.64. The molecular weight excluding hydrogens is 751 g/mol. The molecule has 2 nitrogen and oxygen atoms in total. The van der Waals surface area contributed by atoms with Crippen LogP contribution in [0.25, 0.3) is 49.7 Å². The van der Waals surface area contributed by atoms with Crippen LogP contribution >= 0.6 is 0 Å². The third-order valence-corrected chi connectivity index (χ3v) is 13.7. The molecule has 0 saturated heterocycles. The number of ether oxygens (including phenoxy) is 1. The average molecular weight is 798 g/mol. The lowest BCUT2D eigenvalue weighted by molar-refractivity contribution is 0.482. The molecule has 1 aromatic heterocycles. The fourth-order valence-corrected chi connectivity index (χ4v) is 10.7. The van der Waals surface area contributed by atoms with E-state index in [2.05, 4.69) is 213 Å². The van der Waals surface area contributed by atoms with E-state index in [4.69, 9.17) is 4.74 Å². The van der Waals surface area contributed by atoms with Gasteiger partial charge in [0.25, 0.3) is 0 Å². The summed E-state index contributed by atoms with van der Waals surface area (Å²) in [5.41, 5.74) is 15.9. The third-order valence-electron chi connectivity index (χ3n) is 13.7. The molecule has 1 aliphatic carbocycles. The lowest BCUT2D eigenvalue weighted by Gasteiger charge is -2.38. The summed E-state index contributed by atoms with van der Waals surface area (Å²) >= 11 is 0. The summed E-state index contributed by atoms with van der Waals surface area (Å²) in [5.74, 6) is 1.65. The molecule has 0 atom stereocenters. The molecule has 1 heterocycles. The van der Waals surface area contributed by atoms with Gasteiger partial charge >= 0.3 is 0 Å². The molecule has 10 aromatic rings. The third kappa shape index (κ3) is 5.85. The maximum atomic E-state index is 6.14. The second-order valence-corrected chi connectivity index (χ2v) is 16.7. The van der Waals surface area contributed by atoms with Crippen molar-refractivity contribution in [2.45, 2.75) is 37.5 Å². The standard InChI is InChI=1S/C60H47NO/c1-3-59(4-2)55-40-43(42-30-38-58-54(39-42)53-27-17-18-28-57(53)61(58)48-32-34-50(35-33-48)62-49-25-15-8-16-26-49)29-36-51(55)52-37-31-47(41-56(52)59)60(44-19-9-5-10-20-44,45-21-11-6-12-22-45)46-23-13-7-14-24-46/h5-41H,3-4H2,1-2H3. The topological polar surface area (TPSA) is 14.2 Å². The number of rotatable bonds is 10. The first-order valence-electron chi connectivity index (χ1n) is 22.0. The van der Waals surface area contributed by atoms with Crippen molar-refractivity contribution < 1.29 is 4.74 Å². The van der Waals surface area contributed by atoms with Crippen molar-refractivity contribution in [3.05, 3.63) is 258 Å². The highest BCUT2D eigenvalue weighted by Crippen LogP contribution is 2.56. The molecule has 0 fully saturated rings. The average Bonchev–Trinajstić information content (AvgIpc) is 3.82. The highest BCUT2D eigenvalue weighted by Gasteiger charge is 2.44. The molecule has 1 aliphatic rings. The summed E-state index contributed by atoms with van der Waals surface area (Å²) in [5, 5.41) is 2.48. The van der Waals surface area contributed by atoms with Gasteiger partial charge in [0.05, 0.1) is 16.4 Å². The Hall–Kier alpha value is -7.42. The van der Waals surface area contributed by atoms with Gasteiger partial charge in [0.1, 0.15) is 11.5 Å². The van der Waals surface area contributed by atoms with Crippen LogP contribution in [0.2, 0.25) is 0 Å². The van der Waals surface area contributed by atoms with Crippen LogP contribution in [-0.2, 0) is 10.8 Å². The van der Waals surface area contributed by atoms with Crippen molar-refractivity contribution >= 4 is 21.8 Å². The first-order chi connectivity index (χ1) is 30.6. The van der Waals surface area contributed by atoms with Crippen molar-refractivity contribution in [3.8, 4) is 39.4 Å². The molecule has 11 rings (SSSR count). The minimum atomic E-state index is -0.501. The Morgan fingerprint density at radius 2 is 0.887 bits per heavy atom. The Labute approximate surface area is 364 Å². The predicted molar refractivity (Wildman–Crippen MR) is 258 cm³/mol. The number of benzene rings is 9. The molecule has 0 amide bonds. The zero-order valence-corrected chi connectivity index (χ0v) is 35.1. The molecule has 62 heavy (non-hydrogen) atoms. The molecular formula is C60H47NO. The van der Waals surface area contributed by atoms with E-state index < -0.39 is 5.41 Å². The Morgan fingerprint density at radius 3 is 1.50 bits per heavy atom. The maximum absolute atomic E-state index is 6.14. The van der Waals surface area contributed by atoms with Gasteiger partial charge < -0.3 is 9.30 Å². The van der Waals surface area contributed by atoms with Gasteiger partial charge in [-0.3, -0.25) is 0 Å². The smallest absolute Gasteiger partial charge is 0.127 e. The largest absolute Gasteiger partial charge is 0.457 e. The van der Waals surface area contributed by atoms with Crippen molar-refractivity contribution in [1.29, 1.82) is 0 Å². The SMILES string of the molecule is CCC1(CC)c2cc(-c3ccc4c(c3)c3ccccc3n4-c3ccc(Oc4ccccc4)cc3)ccc2-c2ccc(C(c3ccccc3)(c3ccccc3)c3ccccc3)cc21. The van der Waals surface area contributed by atoms with Crippen LogP contribution in [0.15, 0.2) is 224 Å². The molecule has 0 bridgehead atoms. The highest BCUT2D eigenvalue weighted by atomic mass is 16.5. The summed E-state index contributed by atoms with van der Waals surface area (Å²) in [6.07, 6.45) is 2.01. The Morgan fingerprint density at radius 1 is 0.403 bits per heavy atom. The molecule has 0 radical (unpaired) electrons. The molecule has 0 unspecified atom stereocenters. The Kier molecular flexibility index (Phi) is 9.24. The van der Waals surface area contributed by atoms with E-state index in [1.165, 1.54) is 77.4 Å². The summed E-state index contributed by atoms with van der Waals surface area (Å²) in [6.45, 7) is 4.75. The lowest BCUT2D eigenvalue weighted by Crippen LogP contribution is -2.32. The van der Waals surface area contributed by atoms with Gasteiger partial charge in [0.2, 0.25) is 0 Å². The molecule has 9 aromatic carbocycles. The van der Waals surface area contributed by atoms with Crippen molar-refractivity contribution in [2.75, 3.05) is 0 Å². The van der Waals surface area contributed by atoms with E-state index in [9.17, 15) is 0 Å². The van der Waals surface area contributed by atoms with Gasteiger partial charge in [-0.2, -0.15) is 0 Å². The molecule has 0 aliphatic heterocycles. The summed E-state index contributed by atoms with van der Waals surface area (Å²) in [6, 6.07) is 82.0. The van der Waals surface area contributed by atoms with E-state index in [-0.39, 0.29) is 5.41 Å². The molecule has 0 saturated carbocycles. The van der Waals surface area contributed by atoms with Crippen LogP contribution in [0.3, 0.4) is 0 Å². The number of hydrogen-bond donors (Lipinski definition) is 0. The van der Waals surface area contributed by atoms with Crippen LogP contribution in [-0.4, -0.2) is 4.57 Å². The van der Waals surface area contributed by atoms with Gasteiger partial charge in [0, 0.05) is 21.9 Å². The predicted octanol–water partition coefficient (Wildman–Crippen LogP) is 15.7. The fraction of sp³-hybridized carbons (Fsp3) is 0.100. The van der Waals surface area contributed by atoms with Gasteiger partial charge in [0.15, 0.2) is 0 Å². The molecule has 2 heteroatoms. The van der Waals surface area contributed by atoms with E-state index >= 15 is 0 Å². The van der Waals surface area contributed by atoms with Gasteiger partial charge in [-0.05, 0) is 129 Å². The fourth-order valence-electron chi connectivity index (χ4n) is 10.7. The Bertz CT molecular complexity index is 3100. The van der Waals surface area contributed by atoms with E-state index in [0.29, 0.717) is 0 Å². The van der Waals surface area contributed by atoms with E-state index in [1.54, 1.807) is 0 Å². The van der Waals surface area contributed by atoms with Crippen molar-refractivity contribution in [2.24, 2.45) is 0 Å². The summed E-state index contributed by atoms with van der Waals surface area (Å²) in [7, 11) is 0. The first kappa shape index (κ1) is 37.6. The summed E-state index contributed by atoms with van der Waals surface area (Å²) < 4.78 is 8.51. The zero-order chi connectivity index (χ0) is 41.7. The number of fused-ring (bicyclic) bond motifs is 6. The first-order valence-corrected chi connectivity index (χ1v) is 22.0.